The van der Waals surface area contributed by atoms with Crippen LogP contribution in [0, 0.1) is 0 Å². The first-order valence-electron chi connectivity index (χ1n) is 11.0. The zero-order valence-electron chi connectivity index (χ0n) is 19.6. The number of rotatable bonds is 6. The first kappa shape index (κ1) is 23.8. The van der Waals surface area contributed by atoms with E-state index < -0.39 is 16.3 Å². The van der Waals surface area contributed by atoms with Gasteiger partial charge in [0.25, 0.3) is 0 Å². The van der Waals surface area contributed by atoms with E-state index >= 15 is 0 Å². The van der Waals surface area contributed by atoms with E-state index in [1.54, 1.807) is 0 Å². The van der Waals surface area contributed by atoms with Gasteiger partial charge in [0.2, 0.25) is 0 Å². The Labute approximate surface area is 198 Å². The number of aromatic nitrogens is 1. The van der Waals surface area contributed by atoms with E-state index in [0.717, 1.165) is 9.63 Å². The molecule has 0 amide bonds. The van der Waals surface area contributed by atoms with Crippen molar-refractivity contribution < 1.29 is 0 Å². The maximum absolute atomic E-state index is 7.47. The molecular formula is C25H35BrClNSi2. The molecule has 0 bridgehead atoms. The Morgan fingerprint density at radius 1 is 0.833 bits per heavy atom. The molecule has 0 N–H and O–H groups in total. The lowest BCUT2D eigenvalue weighted by atomic mass is 10.2. The molecule has 1 heterocycles. The zero-order chi connectivity index (χ0) is 22.4. The molecule has 0 unspecified atom stereocenters. The first-order valence-corrected chi connectivity index (χ1v) is 17.4. The van der Waals surface area contributed by atoms with Crippen LogP contribution in [0.4, 0.5) is 0 Å². The minimum absolute atomic E-state index is 0.587. The molecular weight excluding hydrogens is 486 g/mol. The highest BCUT2D eigenvalue weighted by Gasteiger charge is 2.48. The third-order valence-electron chi connectivity index (χ3n) is 7.15. The lowest BCUT2D eigenvalue weighted by Gasteiger charge is -2.45. The van der Waals surface area contributed by atoms with Crippen LogP contribution in [0.3, 0.4) is 0 Å². The molecule has 0 saturated carbocycles. The number of fused-ring (bicyclic) bond motifs is 1. The average molecular weight is 521 g/mol. The van der Waals surface area contributed by atoms with Crippen LogP contribution in [0.2, 0.25) is 34.9 Å². The zero-order valence-corrected chi connectivity index (χ0v) is 23.9. The summed E-state index contributed by atoms with van der Waals surface area (Å²) in [6.07, 6.45) is 0. The van der Waals surface area contributed by atoms with Gasteiger partial charge >= 0.3 is 0 Å². The van der Waals surface area contributed by atoms with Crippen LogP contribution >= 0.6 is 27.5 Å². The summed E-state index contributed by atoms with van der Waals surface area (Å²) in [5, 5.41) is 5.13. The van der Waals surface area contributed by atoms with Crippen molar-refractivity contribution in [1.29, 1.82) is 0 Å². The minimum atomic E-state index is -2.00. The highest BCUT2D eigenvalue weighted by atomic mass is 79.9. The molecule has 0 aliphatic carbocycles. The molecule has 2 aromatic carbocycles. The van der Waals surface area contributed by atoms with Gasteiger partial charge in [0.1, 0.15) is 13.2 Å². The molecule has 1 aromatic heterocycles. The summed E-state index contributed by atoms with van der Waals surface area (Å²) in [6, 6.07) is 17.7. The topological polar surface area (TPSA) is 4.93 Å². The normalized spacial score (nSPS) is 13.2. The third kappa shape index (κ3) is 3.58. The van der Waals surface area contributed by atoms with Crippen molar-refractivity contribution in [3.8, 4) is 0 Å². The molecule has 3 aromatic rings. The Morgan fingerprint density at radius 2 is 1.37 bits per heavy atom. The molecule has 1 nitrogen and oxygen atoms in total. The second-order valence-electron chi connectivity index (χ2n) is 10.0. The van der Waals surface area contributed by atoms with Gasteiger partial charge < -0.3 is 4.23 Å². The quantitative estimate of drug-likeness (QED) is 0.291. The molecule has 0 saturated heterocycles. The largest absolute Gasteiger partial charge is 0.358 e. The van der Waals surface area contributed by atoms with Crippen molar-refractivity contribution in [2.45, 2.75) is 71.3 Å². The lowest BCUT2D eigenvalue weighted by Crippen LogP contribution is -2.55. The van der Waals surface area contributed by atoms with Gasteiger partial charge in [-0.3, -0.25) is 0 Å². The smallest absolute Gasteiger partial charge is 0.171 e. The van der Waals surface area contributed by atoms with Gasteiger partial charge in [-0.2, -0.15) is 0 Å². The standard InChI is InChI=1S/C25H35BrClNSi2/c1-17(2)30(18(3)4,19(5)6)28-23-15-14-20(26)16-22(23)24(25(28)27)29(7,8)21-12-10-9-11-13-21/h9-19H,1-8H3. The summed E-state index contributed by atoms with van der Waals surface area (Å²) in [7, 11) is -4.00. The molecule has 3 rings (SSSR count). The summed E-state index contributed by atoms with van der Waals surface area (Å²) in [5.41, 5.74) is 3.08. The van der Waals surface area contributed by atoms with Crippen LogP contribution in [0.5, 0.6) is 0 Å². The van der Waals surface area contributed by atoms with Crippen LogP contribution < -0.4 is 10.4 Å². The predicted octanol–water partition coefficient (Wildman–Crippen LogP) is 7.90. The van der Waals surface area contributed by atoms with Crippen LogP contribution in [-0.4, -0.2) is 20.5 Å². The molecule has 0 atom stereocenters. The summed E-state index contributed by atoms with van der Waals surface area (Å²) >= 11 is 11.2. The number of benzene rings is 2. The second-order valence-corrected chi connectivity index (χ2v) is 21.3. The second kappa shape index (κ2) is 8.61. The molecule has 0 spiro atoms. The Balaban J connectivity index is 2.49. The van der Waals surface area contributed by atoms with Gasteiger partial charge in [0.05, 0.1) is 0 Å². The van der Waals surface area contributed by atoms with E-state index in [2.05, 4.69) is 123 Å². The monoisotopic (exact) mass is 519 g/mol. The Hall–Kier alpha value is -0.816. The molecule has 0 aliphatic rings. The first-order chi connectivity index (χ1) is 14.0. The lowest BCUT2D eigenvalue weighted by molar-refractivity contribution is 0.773. The molecule has 0 fully saturated rings. The van der Waals surface area contributed by atoms with Crippen LogP contribution in [0.15, 0.2) is 53.0 Å². The number of nitrogens with zero attached hydrogens (tertiary/aromatic N) is 1. The van der Waals surface area contributed by atoms with E-state index in [0.29, 0.717) is 16.6 Å². The van der Waals surface area contributed by atoms with Crippen LogP contribution in [-0.2, 0) is 0 Å². The third-order valence-corrected chi connectivity index (χ3v) is 18.6. The maximum atomic E-state index is 7.47. The predicted molar refractivity (Wildman–Crippen MR) is 144 cm³/mol. The fourth-order valence-electron chi connectivity index (χ4n) is 5.98. The number of hydrogen-bond acceptors (Lipinski definition) is 0. The van der Waals surface area contributed by atoms with Crippen molar-refractivity contribution in [2.24, 2.45) is 0 Å². The number of hydrogen-bond donors (Lipinski definition) is 0. The van der Waals surface area contributed by atoms with E-state index in [1.165, 1.54) is 21.3 Å². The maximum Gasteiger partial charge on any atom is 0.171 e. The van der Waals surface area contributed by atoms with Crippen molar-refractivity contribution in [3.63, 3.8) is 0 Å². The van der Waals surface area contributed by atoms with Crippen molar-refractivity contribution >= 4 is 65.1 Å². The van der Waals surface area contributed by atoms with E-state index in [4.69, 9.17) is 11.6 Å². The van der Waals surface area contributed by atoms with Crippen LogP contribution in [0.1, 0.15) is 41.5 Å². The van der Waals surface area contributed by atoms with Gasteiger partial charge in [0, 0.05) is 15.4 Å². The van der Waals surface area contributed by atoms with Crippen LogP contribution in [0.25, 0.3) is 10.9 Å². The van der Waals surface area contributed by atoms with Crippen molar-refractivity contribution in [3.05, 3.63) is 58.2 Å². The SMILES string of the molecule is CC(C)[Si](C(C)C)(C(C)C)n1c(Cl)c([Si](C)(C)c2ccccc2)c2cc(Br)ccc21. The molecule has 0 radical (unpaired) electrons. The molecule has 0 aliphatic heterocycles. The Kier molecular flexibility index (Phi) is 6.84. The van der Waals surface area contributed by atoms with Gasteiger partial charge in [-0.15, -0.1) is 0 Å². The summed E-state index contributed by atoms with van der Waals surface area (Å²) in [5.74, 6) is 0. The summed E-state index contributed by atoms with van der Waals surface area (Å²) < 4.78 is 3.76. The van der Waals surface area contributed by atoms with Gasteiger partial charge in [-0.05, 0) is 40.0 Å². The Morgan fingerprint density at radius 3 is 1.87 bits per heavy atom. The van der Waals surface area contributed by atoms with E-state index in [-0.39, 0.29) is 0 Å². The molecule has 162 valence electrons. The minimum Gasteiger partial charge on any atom is -0.358 e. The highest BCUT2D eigenvalue weighted by molar-refractivity contribution is 9.10. The fourth-order valence-corrected chi connectivity index (χ4v) is 17.2. The molecule has 30 heavy (non-hydrogen) atoms. The highest BCUT2D eigenvalue weighted by Crippen LogP contribution is 2.46. The Bertz CT molecular complexity index is 1020. The van der Waals surface area contributed by atoms with Gasteiger partial charge in [0.15, 0.2) is 8.24 Å². The van der Waals surface area contributed by atoms with Gasteiger partial charge in [-0.25, -0.2) is 0 Å². The fraction of sp³-hybridized carbons (Fsp3) is 0.440. The van der Waals surface area contributed by atoms with Crippen molar-refractivity contribution in [2.75, 3.05) is 0 Å². The van der Waals surface area contributed by atoms with E-state index in [1.807, 2.05) is 0 Å². The van der Waals surface area contributed by atoms with E-state index in [9.17, 15) is 0 Å². The van der Waals surface area contributed by atoms with Gasteiger partial charge in [-0.1, -0.05) is 118 Å². The average Bonchev–Trinajstić information content (AvgIpc) is 2.94. The summed E-state index contributed by atoms with van der Waals surface area (Å²) in [4.78, 5) is 0. The molecule has 5 heteroatoms. The number of halogens is 2. The summed E-state index contributed by atoms with van der Waals surface area (Å²) in [6.45, 7) is 19.3. The van der Waals surface area contributed by atoms with Crippen molar-refractivity contribution in [1.82, 2.24) is 4.23 Å².